The van der Waals surface area contributed by atoms with Gasteiger partial charge >= 0.3 is 0 Å². The third-order valence-corrected chi connectivity index (χ3v) is 4.09. The lowest BCUT2D eigenvalue weighted by atomic mass is 10.1. The predicted molar refractivity (Wildman–Crippen MR) is 77.1 cm³/mol. The van der Waals surface area contributed by atoms with E-state index >= 15 is 0 Å². The van der Waals surface area contributed by atoms with Crippen molar-refractivity contribution in [3.63, 3.8) is 0 Å². The molecule has 0 saturated carbocycles. The number of hydrogen-bond donors (Lipinski definition) is 2. The van der Waals surface area contributed by atoms with Crippen molar-refractivity contribution in [3.8, 4) is 27.7 Å². The summed E-state index contributed by atoms with van der Waals surface area (Å²) in [6.45, 7) is 0. The smallest absolute Gasteiger partial charge is 0.131 e. The van der Waals surface area contributed by atoms with E-state index in [1.165, 1.54) is 0 Å². The molecule has 4 heteroatoms. The van der Waals surface area contributed by atoms with Gasteiger partial charge in [-0.3, -0.25) is 0 Å². The van der Waals surface area contributed by atoms with E-state index in [-0.39, 0.29) is 11.5 Å². The number of thiophene rings is 1. The molecule has 0 bridgehead atoms. The molecule has 3 nitrogen and oxygen atoms in total. The first-order valence-corrected chi connectivity index (χ1v) is 6.59. The first kappa shape index (κ1) is 11.9. The summed E-state index contributed by atoms with van der Waals surface area (Å²) >= 11 is 1.58. The standard InChI is InChI=1S/C15H12O3S/c1-18-13-7-10(16)4-5-12(13)15-6-9-2-3-11(17)8-14(9)19-15/h2-8,16-17H,1H3. The van der Waals surface area contributed by atoms with E-state index in [1.807, 2.05) is 18.2 Å². The fourth-order valence-electron chi connectivity index (χ4n) is 2.04. The fourth-order valence-corrected chi connectivity index (χ4v) is 3.16. The Bertz CT molecular complexity index is 746. The van der Waals surface area contributed by atoms with Crippen molar-refractivity contribution in [2.45, 2.75) is 0 Å². The second-order valence-corrected chi connectivity index (χ2v) is 5.30. The minimum absolute atomic E-state index is 0.180. The molecule has 3 aromatic rings. The topological polar surface area (TPSA) is 49.7 Å². The highest BCUT2D eigenvalue weighted by atomic mass is 32.1. The van der Waals surface area contributed by atoms with Crippen LogP contribution in [0, 0.1) is 0 Å². The van der Waals surface area contributed by atoms with Crippen molar-refractivity contribution in [1.82, 2.24) is 0 Å². The maximum atomic E-state index is 9.50. The van der Waals surface area contributed by atoms with E-state index in [2.05, 4.69) is 0 Å². The molecule has 0 saturated heterocycles. The van der Waals surface area contributed by atoms with Gasteiger partial charge in [0.2, 0.25) is 0 Å². The molecule has 1 aromatic heterocycles. The predicted octanol–water partition coefficient (Wildman–Crippen LogP) is 3.99. The van der Waals surface area contributed by atoms with Crippen LogP contribution in [0.25, 0.3) is 20.5 Å². The van der Waals surface area contributed by atoms with E-state index in [0.717, 1.165) is 20.5 Å². The molecule has 0 amide bonds. The summed E-state index contributed by atoms with van der Waals surface area (Å²) in [6, 6.07) is 12.4. The highest BCUT2D eigenvalue weighted by molar-refractivity contribution is 7.22. The second-order valence-electron chi connectivity index (χ2n) is 4.22. The van der Waals surface area contributed by atoms with Gasteiger partial charge in [-0.2, -0.15) is 0 Å². The minimum Gasteiger partial charge on any atom is -0.508 e. The molecule has 0 spiro atoms. The Morgan fingerprint density at radius 2 is 1.68 bits per heavy atom. The van der Waals surface area contributed by atoms with Gasteiger partial charge in [0, 0.05) is 21.2 Å². The van der Waals surface area contributed by atoms with Crippen LogP contribution >= 0.6 is 11.3 Å². The molecule has 0 aliphatic carbocycles. The van der Waals surface area contributed by atoms with E-state index in [0.29, 0.717) is 5.75 Å². The van der Waals surface area contributed by atoms with Crippen LogP contribution in [0.2, 0.25) is 0 Å². The van der Waals surface area contributed by atoms with Crippen LogP contribution in [-0.2, 0) is 0 Å². The summed E-state index contributed by atoms with van der Waals surface area (Å²) in [5.74, 6) is 1.08. The fraction of sp³-hybridized carbons (Fsp3) is 0.0667. The van der Waals surface area contributed by atoms with Crippen molar-refractivity contribution < 1.29 is 14.9 Å². The van der Waals surface area contributed by atoms with Gasteiger partial charge in [0.05, 0.1) is 7.11 Å². The summed E-state index contributed by atoms with van der Waals surface area (Å²) < 4.78 is 6.32. The number of phenols is 2. The number of benzene rings is 2. The van der Waals surface area contributed by atoms with Gasteiger partial charge in [-0.25, -0.2) is 0 Å². The highest BCUT2D eigenvalue weighted by Crippen LogP contribution is 2.40. The molecule has 2 aromatic carbocycles. The average Bonchev–Trinajstić information content (AvgIpc) is 2.81. The first-order chi connectivity index (χ1) is 9.17. The van der Waals surface area contributed by atoms with Crippen molar-refractivity contribution >= 4 is 21.4 Å². The molecule has 0 unspecified atom stereocenters. The SMILES string of the molecule is COc1cc(O)ccc1-c1cc2ccc(O)cc2s1. The van der Waals surface area contributed by atoms with Crippen LogP contribution in [0.15, 0.2) is 42.5 Å². The molecule has 3 rings (SSSR count). The largest absolute Gasteiger partial charge is 0.508 e. The molecule has 0 aliphatic rings. The van der Waals surface area contributed by atoms with Crippen LogP contribution in [0.5, 0.6) is 17.2 Å². The molecule has 2 N–H and O–H groups in total. The van der Waals surface area contributed by atoms with Crippen molar-refractivity contribution in [3.05, 3.63) is 42.5 Å². The maximum absolute atomic E-state index is 9.50. The van der Waals surface area contributed by atoms with E-state index in [9.17, 15) is 10.2 Å². The van der Waals surface area contributed by atoms with Crippen LogP contribution in [0.4, 0.5) is 0 Å². The van der Waals surface area contributed by atoms with Gasteiger partial charge in [-0.15, -0.1) is 11.3 Å². The Balaban J connectivity index is 2.18. The number of aromatic hydroxyl groups is 2. The normalized spacial score (nSPS) is 10.8. The van der Waals surface area contributed by atoms with Gasteiger partial charge in [-0.05, 0) is 41.8 Å². The zero-order chi connectivity index (χ0) is 13.4. The first-order valence-electron chi connectivity index (χ1n) is 5.77. The Labute approximate surface area is 114 Å². The third kappa shape index (κ3) is 2.11. The third-order valence-electron chi connectivity index (χ3n) is 2.95. The second kappa shape index (κ2) is 4.48. The molecule has 1 heterocycles. The lowest BCUT2D eigenvalue weighted by Gasteiger charge is -2.06. The number of rotatable bonds is 2. The average molecular weight is 272 g/mol. The Hall–Kier alpha value is -2.20. The summed E-state index contributed by atoms with van der Waals surface area (Å²) in [5.41, 5.74) is 0.931. The molecule has 19 heavy (non-hydrogen) atoms. The lowest BCUT2D eigenvalue weighted by molar-refractivity contribution is 0.409. The van der Waals surface area contributed by atoms with Gasteiger partial charge in [0.15, 0.2) is 0 Å². The van der Waals surface area contributed by atoms with Gasteiger partial charge in [-0.1, -0.05) is 0 Å². The van der Waals surface area contributed by atoms with Crippen molar-refractivity contribution in [2.75, 3.05) is 7.11 Å². The highest BCUT2D eigenvalue weighted by Gasteiger charge is 2.10. The lowest BCUT2D eigenvalue weighted by Crippen LogP contribution is -1.85. The van der Waals surface area contributed by atoms with Gasteiger partial charge in [0.25, 0.3) is 0 Å². The number of methoxy groups -OCH3 is 1. The molecule has 96 valence electrons. The minimum atomic E-state index is 0.180. The summed E-state index contributed by atoms with van der Waals surface area (Å²) in [6.07, 6.45) is 0. The van der Waals surface area contributed by atoms with Crippen LogP contribution < -0.4 is 4.74 Å². The zero-order valence-corrected chi connectivity index (χ0v) is 11.1. The monoisotopic (exact) mass is 272 g/mol. The van der Waals surface area contributed by atoms with Crippen molar-refractivity contribution in [1.29, 1.82) is 0 Å². The number of ether oxygens (including phenoxy) is 1. The Morgan fingerprint density at radius 3 is 2.47 bits per heavy atom. The quantitative estimate of drug-likeness (QED) is 0.741. The number of hydrogen-bond acceptors (Lipinski definition) is 4. The summed E-state index contributed by atoms with van der Waals surface area (Å²) in [5, 5.41) is 20.1. The summed E-state index contributed by atoms with van der Waals surface area (Å²) in [7, 11) is 1.58. The van der Waals surface area contributed by atoms with Gasteiger partial charge < -0.3 is 14.9 Å². The Morgan fingerprint density at radius 1 is 0.947 bits per heavy atom. The maximum Gasteiger partial charge on any atom is 0.131 e. The van der Waals surface area contributed by atoms with Crippen LogP contribution in [0.3, 0.4) is 0 Å². The molecule has 0 atom stereocenters. The van der Waals surface area contributed by atoms with Gasteiger partial charge in [0.1, 0.15) is 17.2 Å². The van der Waals surface area contributed by atoms with Crippen molar-refractivity contribution in [2.24, 2.45) is 0 Å². The van der Waals surface area contributed by atoms with E-state index in [4.69, 9.17) is 4.74 Å². The molecule has 0 radical (unpaired) electrons. The summed E-state index contributed by atoms with van der Waals surface area (Å²) in [4.78, 5) is 1.04. The zero-order valence-electron chi connectivity index (χ0n) is 10.3. The van der Waals surface area contributed by atoms with Crippen LogP contribution in [-0.4, -0.2) is 17.3 Å². The molecular formula is C15H12O3S. The Kier molecular flexibility index (Phi) is 2.80. The van der Waals surface area contributed by atoms with Crippen LogP contribution in [0.1, 0.15) is 0 Å². The number of phenolic OH excluding ortho intramolecular Hbond substituents is 2. The molecule has 0 fully saturated rings. The van der Waals surface area contributed by atoms with E-state index < -0.39 is 0 Å². The van der Waals surface area contributed by atoms with E-state index in [1.54, 1.807) is 42.7 Å². The molecular weight excluding hydrogens is 260 g/mol. The molecule has 0 aliphatic heterocycles. The number of fused-ring (bicyclic) bond motifs is 1.